The lowest BCUT2D eigenvalue weighted by Gasteiger charge is -2.57. The highest BCUT2D eigenvalue weighted by Gasteiger charge is 2.51. The van der Waals surface area contributed by atoms with E-state index in [0.29, 0.717) is 5.41 Å². The largest absolute Gasteiger partial charge is 0.397 e. The molecule has 0 amide bonds. The van der Waals surface area contributed by atoms with E-state index in [0.717, 1.165) is 23.4 Å². The Hall–Kier alpha value is 0.480. The third-order valence-electron chi connectivity index (χ3n) is 5.73. The van der Waals surface area contributed by atoms with Crippen LogP contribution < -0.4 is 5.73 Å². The molecule has 0 saturated heterocycles. The summed E-state index contributed by atoms with van der Waals surface area (Å²) in [4.78, 5) is 0. The first-order chi connectivity index (χ1) is 9.06. The van der Waals surface area contributed by atoms with Crippen LogP contribution in [0.1, 0.15) is 44.1 Å². The fourth-order valence-corrected chi connectivity index (χ4v) is 7.12. The van der Waals surface area contributed by atoms with Gasteiger partial charge in [-0.2, -0.15) is 0 Å². The van der Waals surface area contributed by atoms with Crippen molar-refractivity contribution < 1.29 is 0 Å². The summed E-state index contributed by atoms with van der Waals surface area (Å²) in [6.45, 7) is 0. The van der Waals surface area contributed by atoms with Crippen LogP contribution in [0.25, 0.3) is 0 Å². The highest BCUT2D eigenvalue weighted by molar-refractivity contribution is 14.1. The molecule has 1 aromatic carbocycles. The minimum absolute atomic E-state index is 0.502. The Morgan fingerprint density at radius 3 is 1.74 bits per heavy atom. The monoisotopic (exact) mass is 479 g/mol. The normalized spacial score (nSPS) is 39.8. The van der Waals surface area contributed by atoms with Gasteiger partial charge in [0.15, 0.2) is 0 Å². The second-order valence-electron chi connectivity index (χ2n) is 7.05. The minimum Gasteiger partial charge on any atom is -0.397 e. The third-order valence-corrected chi connectivity index (χ3v) is 7.51. The van der Waals surface area contributed by atoms with Gasteiger partial charge in [-0.25, -0.2) is 0 Å². The molecular formula is C16H19I2N. The van der Waals surface area contributed by atoms with Crippen LogP contribution in [-0.4, -0.2) is 0 Å². The lowest BCUT2D eigenvalue weighted by molar-refractivity contribution is -0.00523. The average molecular weight is 479 g/mol. The number of hydrogen-bond acceptors (Lipinski definition) is 1. The maximum atomic E-state index is 6.13. The molecule has 0 unspecified atom stereocenters. The molecule has 4 aliphatic rings. The fraction of sp³-hybridized carbons (Fsp3) is 0.625. The van der Waals surface area contributed by atoms with Crippen LogP contribution in [0.3, 0.4) is 0 Å². The quantitative estimate of drug-likeness (QED) is 0.448. The van der Waals surface area contributed by atoms with Crippen LogP contribution in [0.15, 0.2) is 12.1 Å². The zero-order valence-corrected chi connectivity index (χ0v) is 15.3. The summed E-state index contributed by atoms with van der Waals surface area (Å²) in [5, 5.41) is 0. The first-order valence-electron chi connectivity index (χ1n) is 7.31. The maximum Gasteiger partial charge on any atom is 0.0585 e. The summed E-state index contributed by atoms with van der Waals surface area (Å²) in [6.07, 6.45) is 8.87. The number of nitrogen functional groups attached to an aromatic ring is 1. The number of halogens is 2. The van der Waals surface area contributed by atoms with E-state index in [1.165, 1.54) is 45.7 Å². The molecule has 0 aromatic heterocycles. The summed E-state index contributed by atoms with van der Waals surface area (Å²) in [5.74, 6) is 3.04. The molecule has 0 spiro atoms. The predicted molar refractivity (Wildman–Crippen MR) is 96.1 cm³/mol. The standard InChI is InChI=1S/C16H19I2N/c17-13-4-12(5-14(18)15(13)19)16-6-9-1-10(7-16)3-11(2-9)8-16/h4-5,9-11H,1-3,6-8,19H2. The Morgan fingerprint density at radius 1 is 0.895 bits per heavy atom. The van der Waals surface area contributed by atoms with Gasteiger partial charge in [0.25, 0.3) is 0 Å². The van der Waals surface area contributed by atoms with E-state index >= 15 is 0 Å². The van der Waals surface area contributed by atoms with Crippen LogP contribution in [0, 0.1) is 24.9 Å². The Morgan fingerprint density at radius 2 is 1.32 bits per heavy atom. The van der Waals surface area contributed by atoms with E-state index in [1.807, 2.05) is 0 Å². The molecule has 2 N–H and O–H groups in total. The van der Waals surface area contributed by atoms with Gasteiger partial charge in [-0.15, -0.1) is 0 Å². The Kier molecular flexibility index (Phi) is 3.11. The molecule has 4 bridgehead atoms. The zero-order chi connectivity index (χ0) is 13.2. The van der Waals surface area contributed by atoms with Crippen molar-refractivity contribution in [2.75, 3.05) is 5.73 Å². The first kappa shape index (κ1) is 13.2. The lowest BCUT2D eigenvalue weighted by Crippen LogP contribution is -2.48. The average Bonchev–Trinajstić information content (AvgIpc) is 2.33. The van der Waals surface area contributed by atoms with Gasteiger partial charge in [0.05, 0.1) is 5.69 Å². The Bertz CT molecular complexity index is 479. The first-order valence-corrected chi connectivity index (χ1v) is 9.46. The smallest absolute Gasteiger partial charge is 0.0585 e. The van der Waals surface area contributed by atoms with Crippen molar-refractivity contribution >= 4 is 50.9 Å². The van der Waals surface area contributed by atoms with Crippen molar-refractivity contribution in [1.29, 1.82) is 0 Å². The van der Waals surface area contributed by atoms with Crippen molar-refractivity contribution in [2.24, 2.45) is 17.8 Å². The van der Waals surface area contributed by atoms with Gasteiger partial charge in [0.2, 0.25) is 0 Å². The number of rotatable bonds is 1. The molecule has 5 rings (SSSR count). The van der Waals surface area contributed by atoms with E-state index < -0.39 is 0 Å². The molecule has 1 aromatic rings. The fourth-order valence-electron chi connectivity index (χ4n) is 5.35. The molecule has 1 nitrogen and oxygen atoms in total. The van der Waals surface area contributed by atoms with Gasteiger partial charge < -0.3 is 5.73 Å². The Balaban J connectivity index is 1.79. The zero-order valence-electron chi connectivity index (χ0n) is 11.0. The molecule has 0 radical (unpaired) electrons. The van der Waals surface area contributed by atoms with Gasteiger partial charge >= 0.3 is 0 Å². The number of benzene rings is 1. The summed E-state index contributed by atoms with van der Waals surface area (Å²) in [6, 6.07) is 4.76. The third kappa shape index (κ3) is 2.05. The van der Waals surface area contributed by atoms with Gasteiger partial charge in [0, 0.05) is 7.14 Å². The highest BCUT2D eigenvalue weighted by Crippen LogP contribution is 2.61. The molecule has 4 fully saturated rings. The second-order valence-corrected chi connectivity index (χ2v) is 9.38. The molecule has 3 heteroatoms. The summed E-state index contributed by atoms with van der Waals surface area (Å²) in [7, 11) is 0. The van der Waals surface area contributed by atoms with E-state index in [4.69, 9.17) is 5.73 Å². The van der Waals surface area contributed by atoms with Crippen LogP contribution in [-0.2, 0) is 5.41 Å². The van der Waals surface area contributed by atoms with Gasteiger partial charge in [-0.1, -0.05) is 0 Å². The SMILES string of the molecule is Nc1c(I)cc(C23CC4CC(CC(C4)C2)C3)cc1I. The van der Waals surface area contributed by atoms with Gasteiger partial charge in [0.1, 0.15) is 0 Å². The van der Waals surface area contributed by atoms with E-state index in [1.54, 1.807) is 5.56 Å². The van der Waals surface area contributed by atoms with E-state index in [2.05, 4.69) is 57.3 Å². The molecule has 4 saturated carbocycles. The van der Waals surface area contributed by atoms with Crippen molar-refractivity contribution in [3.8, 4) is 0 Å². The topological polar surface area (TPSA) is 26.0 Å². The summed E-state index contributed by atoms with van der Waals surface area (Å²) < 4.78 is 2.49. The van der Waals surface area contributed by atoms with Crippen LogP contribution in [0.5, 0.6) is 0 Å². The molecule has 19 heavy (non-hydrogen) atoms. The van der Waals surface area contributed by atoms with Crippen LogP contribution >= 0.6 is 45.2 Å². The maximum absolute atomic E-state index is 6.13. The van der Waals surface area contributed by atoms with Crippen molar-refractivity contribution in [3.05, 3.63) is 24.8 Å². The van der Waals surface area contributed by atoms with E-state index in [-0.39, 0.29) is 0 Å². The van der Waals surface area contributed by atoms with Gasteiger partial charge in [-0.05, 0) is 125 Å². The molecule has 0 heterocycles. The predicted octanol–water partition coefficient (Wildman–Crippen LogP) is 4.95. The minimum atomic E-state index is 0.502. The summed E-state index contributed by atoms with van der Waals surface area (Å²) >= 11 is 4.81. The summed E-state index contributed by atoms with van der Waals surface area (Å²) in [5.41, 5.74) is 9.19. The molecule has 4 aliphatic carbocycles. The molecule has 0 aliphatic heterocycles. The van der Waals surface area contributed by atoms with Crippen molar-refractivity contribution in [3.63, 3.8) is 0 Å². The lowest BCUT2D eigenvalue weighted by atomic mass is 9.48. The van der Waals surface area contributed by atoms with Crippen molar-refractivity contribution in [1.82, 2.24) is 0 Å². The highest BCUT2D eigenvalue weighted by atomic mass is 127. The van der Waals surface area contributed by atoms with Crippen LogP contribution in [0.2, 0.25) is 0 Å². The number of hydrogen-bond donors (Lipinski definition) is 1. The molecular weight excluding hydrogens is 460 g/mol. The second kappa shape index (κ2) is 4.49. The number of anilines is 1. The van der Waals surface area contributed by atoms with Crippen LogP contribution in [0.4, 0.5) is 5.69 Å². The number of nitrogens with two attached hydrogens (primary N) is 1. The Labute approximate surface area is 142 Å². The molecule has 0 atom stereocenters. The van der Waals surface area contributed by atoms with E-state index in [9.17, 15) is 0 Å². The van der Waals surface area contributed by atoms with Gasteiger partial charge in [-0.3, -0.25) is 0 Å². The molecule has 102 valence electrons. The van der Waals surface area contributed by atoms with Crippen molar-refractivity contribution in [2.45, 2.75) is 43.9 Å².